The summed E-state index contributed by atoms with van der Waals surface area (Å²) in [6.45, 7) is 0.976. The third kappa shape index (κ3) is 3.38. The molecule has 0 saturated carbocycles. The topological polar surface area (TPSA) is 95.6 Å². The lowest BCUT2D eigenvalue weighted by Crippen LogP contribution is -2.34. The van der Waals surface area contributed by atoms with Crippen molar-refractivity contribution < 1.29 is 23.8 Å². The van der Waals surface area contributed by atoms with Crippen molar-refractivity contribution in [1.82, 2.24) is 5.32 Å². The SMILES string of the molecule is CC(=O)NCC(O)C(O)c1cc(F)cc(F)c1N. The monoisotopic (exact) mass is 260 g/mol. The van der Waals surface area contributed by atoms with Gasteiger partial charge in [-0.15, -0.1) is 0 Å². The second-order valence-electron chi connectivity index (χ2n) is 3.84. The van der Waals surface area contributed by atoms with Crippen molar-refractivity contribution in [2.45, 2.75) is 19.1 Å². The van der Waals surface area contributed by atoms with Crippen molar-refractivity contribution in [2.75, 3.05) is 12.3 Å². The molecule has 0 aliphatic rings. The molecule has 1 aromatic carbocycles. The lowest BCUT2D eigenvalue weighted by Gasteiger charge is -2.20. The Hall–Kier alpha value is -1.73. The quantitative estimate of drug-likeness (QED) is 0.576. The van der Waals surface area contributed by atoms with Crippen LogP contribution in [-0.4, -0.2) is 28.8 Å². The minimum atomic E-state index is -1.60. The number of carbonyl (C=O) groups excluding carboxylic acids is 1. The van der Waals surface area contributed by atoms with Crippen LogP contribution in [0.15, 0.2) is 12.1 Å². The smallest absolute Gasteiger partial charge is 0.216 e. The summed E-state index contributed by atoms with van der Waals surface area (Å²) in [6, 6.07) is 1.41. The Balaban J connectivity index is 2.89. The highest BCUT2D eigenvalue weighted by Crippen LogP contribution is 2.26. The van der Waals surface area contributed by atoms with E-state index in [1.165, 1.54) is 6.92 Å². The maximum absolute atomic E-state index is 13.2. The largest absolute Gasteiger partial charge is 0.396 e. The molecule has 0 aromatic heterocycles. The minimum absolute atomic E-state index is 0.256. The number of nitrogen functional groups attached to an aromatic ring is 1. The number of hydrogen-bond acceptors (Lipinski definition) is 4. The molecule has 2 unspecified atom stereocenters. The second kappa shape index (κ2) is 5.74. The van der Waals surface area contributed by atoms with E-state index in [0.717, 1.165) is 6.07 Å². The van der Waals surface area contributed by atoms with Gasteiger partial charge in [0, 0.05) is 25.1 Å². The van der Waals surface area contributed by atoms with Crippen LogP contribution in [0.5, 0.6) is 0 Å². The minimum Gasteiger partial charge on any atom is -0.396 e. The van der Waals surface area contributed by atoms with Crippen molar-refractivity contribution in [3.8, 4) is 0 Å². The van der Waals surface area contributed by atoms with Gasteiger partial charge < -0.3 is 21.3 Å². The normalized spacial score (nSPS) is 14.1. The zero-order valence-corrected chi connectivity index (χ0v) is 9.65. The van der Waals surface area contributed by atoms with Gasteiger partial charge in [0.25, 0.3) is 0 Å². The molecule has 1 rings (SSSR count). The lowest BCUT2D eigenvalue weighted by molar-refractivity contribution is -0.119. The predicted molar refractivity (Wildman–Crippen MR) is 60.4 cm³/mol. The molecule has 18 heavy (non-hydrogen) atoms. The molecule has 0 bridgehead atoms. The summed E-state index contributed by atoms with van der Waals surface area (Å²) in [5.74, 6) is -2.34. The van der Waals surface area contributed by atoms with Gasteiger partial charge in [0.05, 0.1) is 5.69 Å². The fraction of sp³-hybridized carbons (Fsp3) is 0.364. The van der Waals surface area contributed by atoms with Gasteiger partial charge in [0.15, 0.2) is 0 Å². The van der Waals surface area contributed by atoms with Gasteiger partial charge in [-0.25, -0.2) is 8.78 Å². The van der Waals surface area contributed by atoms with Crippen LogP contribution in [0.3, 0.4) is 0 Å². The van der Waals surface area contributed by atoms with Crippen molar-refractivity contribution in [1.29, 1.82) is 0 Å². The zero-order valence-electron chi connectivity index (χ0n) is 9.65. The van der Waals surface area contributed by atoms with Crippen LogP contribution in [0.2, 0.25) is 0 Å². The Labute approximate surface area is 102 Å². The average molecular weight is 260 g/mol. The molecule has 1 aromatic rings. The first-order valence-electron chi connectivity index (χ1n) is 5.18. The number of nitrogens with two attached hydrogens (primary N) is 1. The van der Waals surface area contributed by atoms with Gasteiger partial charge >= 0.3 is 0 Å². The van der Waals surface area contributed by atoms with E-state index in [0.29, 0.717) is 6.07 Å². The van der Waals surface area contributed by atoms with E-state index < -0.39 is 35.4 Å². The van der Waals surface area contributed by atoms with Crippen LogP contribution < -0.4 is 11.1 Å². The summed E-state index contributed by atoms with van der Waals surface area (Å²) < 4.78 is 26.1. The molecular formula is C11H14F2N2O3. The second-order valence-corrected chi connectivity index (χ2v) is 3.84. The first kappa shape index (κ1) is 14.3. The molecule has 0 aliphatic heterocycles. The molecule has 0 aliphatic carbocycles. The summed E-state index contributed by atoms with van der Waals surface area (Å²) >= 11 is 0. The Morgan fingerprint density at radius 1 is 1.44 bits per heavy atom. The number of anilines is 1. The van der Waals surface area contributed by atoms with E-state index in [2.05, 4.69) is 5.32 Å². The number of hydrogen-bond donors (Lipinski definition) is 4. The average Bonchev–Trinajstić information content (AvgIpc) is 2.29. The number of benzene rings is 1. The number of amides is 1. The summed E-state index contributed by atoms with van der Waals surface area (Å²) in [6.07, 6.45) is -3.01. The molecule has 5 N–H and O–H groups in total. The zero-order chi connectivity index (χ0) is 13.9. The third-order valence-corrected chi connectivity index (χ3v) is 2.37. The number of carbonyl (C=O) groups is 1. The molecule has 0 saturated heterocycles. The Morgan fingerprint density at radius 3 is 2.61 bits per heavy atom. The number of rotatable bonds is 4. The molecule has 0 heterocycles. The van der Waals surface area contributed by atoms with Crippen molar-refractivity contribution in [2.24, 2.45) is 0 Å². The van der Waals surface area contributed by atoms with Crippen LogP contribution in [-0.2, 0) is 4.79 Å². The Kier molecular flexibility index (Phi) is 4.57. The Morgan fingerprint density at radius 2 is 2.06 bits per heavy atom. The van der Waals surface area contributed by atoms with Crippen molar-refractivity contribution in [3.63, 3.8) is 0 Å². The third-order valence-electron chi connectivity index (χ3n) is 2.37. The maximum Gasteiger partial charge on any atom is 0.216 e. The first-order chi connectivity index (χ1) is 8.32. The van der Waals surface area contributed by atoms with Gasteiger partial charge in [-0.2, -0.15) is 0 Å². The van der Waals surface area contributed by atoms with E-state index in [1.54, 1.807) is 0 Å². The number of halogens is 2. The molecule has 100 valence electrons. The highest BCUT2D eigenvalue weighted by molar-refractivity contribution is 5.72. The van der Waals surface area contributed by atoms with E-state index in [4.69, 9.17) is 5.73 Å². The fourth-order valence-electron chi connectivity index (χ4n) is 1.42. The van der Waals surface area contributed by atoms with Gasteiger partial charge in [0.2, 0.25) is 5.91 Å². The lowest BCUT2D eigenvalue weighted by atomic mass is 10.0. The number of nitrogens with one attached hydrogen (secondary N) is 1. The summed E-state index contributed by atoms with van der Waals surface area (Å²) in [4.78, 5) is 10.6. The molecule has 5 nitrogen and oxygen atoms in total. The van der Waals surface area contributed by atoms with Crippen molar-refractivity contribution >= 4 is 11.6 Å². The summed E-state index contributed by atoms with van der Waals surface area (Å²) in [5.41, 5.74) is 4.65. The van der Waals surface area contributed by atoms with Gasteiger partial charge in [-0.05, 0) is 6.07 Å². The first-order valence-corrected chi connectivity index (χ1v) is 5.18. The highest BCUT2D eigenvalue weighted by Gasteiger charge is 2.23. The molecule has 0 fully saturated rings. The molecule has 1 amide bonds. The molecule has 7 heteroatoms. The van der Waals surface area contributed by atoms with Crippen molar-refractivity contribution in [3.05, 3.63) is 29.3 Å². The van der Waals surface area contributed by atoms with Crippen LogP contribution in [0.4, 0.5) is 14.5 Å². The van der Waals surface area contributed by atoms with Gasteiger partial charge in [0.1, 0.15) is 23.8 Å². The summed E-state index contributed by atoms with van der Waals surface area (Å²) in [7, 11) is 0. The Bertz CT molecular complexity index is 454. The number of aliphatic hydroxyl groups excluding tert-OH is 2. The molecule has 0 spiro atoms. The van der Waals surface area contributed by atoms with E-state index in [-0.39, 0.29) is 12.1 Å². The fourth-order valence-corrected chi connectivity index (χ4v) is 1.42. The molecule has 2 atom stereocenters. The highest BCUT2D eigenvalue weighted by atomic mass is 19.1. The van der Waals surface area contributed by atoms with E-state index in [1.807, 2.05) is 0 Å². The van der Waals surface area contributed by atoms with Crippen LogP contribution in [0, 0.1) is 11.6 Å². The predicted octanol–water partition coefficient (Wildman–Crippen LogP) is 0.0774. The standard InChI is InChI=1S/C11H14F2N2O3/c1-5(16)15-4-9(17)11(18)7-2-6(12)3-8(13)10(7)14/h2-3,9,11,17-18H,4,14H2,1H3,(H,15,16). The van der Waals surface area contributed by atoms with E-state index >= 15 is 0 Å². The van der Waals surface area contributed by atoms with Gasteiger partial charge in [-0.1, -0.05) is 0 Å². The molecule has 0 radical (unpaired) electrons. The molecular weight excluding hydrogens is 246 g/mol. The van der Waals surface area contributed by atoms with Gasteiger partial charge in [-0.3, -0.25) is 4.79 Å². The number of aliphatic hydroxyl groups is 2. The van der Waals surface area contributed by atoms with Crippen LogP contribution >= 0.6 is 0 Å². The van der Waals surface area contributed by atoms with Crippen LogP contribution in [0.1, 0.15) is 18.6 Å². The van der Waals surface area contributed by atoms with E-state index in [9.17, 15) is 23.8 Å². The van der Waals surface area contributed by atoms with Crippen LogP contribution in [0.25, 0.3) is 0 Å². The summed E-state index contributed by atoms with van der Waals surface area (Å²) in [5, 5.41) is 21.5. The maximum atomic E-state index is 13.2.